The largest absolute Gasteiger partial charge is 0.385 e. The van der Waals surface area contributed by atoms with Gasteiger partial charge >= 0.3 is 0 Å². The molecule has 2 rings (SSSR count). The minimum Gasteiger partial charge on any atom is -0.385 e. The zero-order valence-corrected chi connectivity index (χ0v) is 11.3. The summed E-state index contributed by atoms with van der Waals surface area (Å²) in [5.41, 5.74) is 1.60. The summed E-state index contributed by atoms with van der Waals surface area (Å²) >= 11 is 0. The number of hydrogen-bond donors (Lipinski definition) is 2. The summed E-state index contributed by atoms with van der Waals surface area (Å²) in [5, 5.41) is 21.4. The van der Waals surface area contributed by atoms with Crippen LogP contribution in [-0.4, -0.2) is 33.2 Å². The first-order valence-electron chi connectivity index (χ1n) is 6.53. The van der Waals surface area contributed by atoms with Crippen LogP contribution in [0.25, 0.3) is 5.69 Å². The molecule has 2 aromatic rings. The maximum absolute atomic E-state index is 10.2. The van der Waals surface area contributed by atoms with Crippen molar-refractivity contribution in [2.24, 2.45) is 5.92 Å². The summed E-state index contributed by atoms with van der Waals surface area (Å²) < 4.78 is 1.67. The molecule has 0 aliphatic heterocycles. The Morgan fingerprint density at radius 3 is 2.63 bits per heavy atom. The molecule has 2 N–H and O–H groups in total. The first-order chi connectivity index (χ1) is 9.18. The molecule has 1 aromatic heterocycles. The molecule has 0 spiro atoms. The van der Waals surface area contributed by atoms with Crippen molar-refractivity contribution in [2.75, 3.05) is 13.1 Å². The second-order valence-electron chi connectivity index (χ2n) is 4.97. The van der Waals surface area contributed by atoms with Gasteiger partial charge in [-0.25, -0.2) is 4.68 Å². The van der Waals surface area contributed by atoms with Gasteiger partial charge in [0, 0.05) is 6.54 Å². The van der Waals surface area contributed by atoms with Crippen LogP contribution in [0.2, 0.25) is 0 Å². The first-order valence-corrected chi connectivity index (χ1v) is 6.53. The predicted molar refractivity (Wildman–Crippen MR) is 74.0 cm³/mol. The molecule has 0 aliphatic rings. The molecule has 0 bridgehead atoms. The van der Waals surface area contributed by atoms with E-state index in [0.717, 1.165) is 12.2 Å². The summed E-state index contributed by atoms with van der Waals surface area (Å²) in [7, 11) is 0. The summed E-state index contributed by atoms with van der Waals surface area (Å²) in [6.45, 7) is 5.65. The lowest BCUT2D eigenvalue weighted by Gasteiger charge is -2.14. The van der Waals surface area contributed by atoms with Gasteiger partial charge in [-0.1, -0.05) is 37.3 Å². The van der Waals surface area contributed by atoms with Crippen LogP contribution in [0.3, 0.4) is 0 Å². The van der Waals surface area contributed by atoms with Crippen molar-refractivity contribution in [3.8, 4) is 5.69 Å². The second kappa shape index (κ2) is 6.45. The molecule has 1 heterocycles. The molecule has 5 nitrogen and oxygen atoms in total. The molecule has 0 saturated heterocycles. The zero-order chi connectivity index (χ0) is 13.7. The van der Waals surface area contributed by atoms with E-state index in [-0.39, 0.29) is 0 Å². The number of aliphatic hydroxyl groups excluding tert-OH is 1. The Morgan fingerprint density at radius 1 is 1.21 bits per heavy atom. The molecule has 1 atom stereocenters. The van der Waals surface area contributed by atoms with E-state index in [2.05, 4.69) is 29.5 Å². The van der Waals surface area contributed by atoms with Crippen LogP contribution in [0.15, 0.2) is 36.5 Å². The highest BCUT2D eigenvalue weighted by atomic mass is 16.3. The highest BCUT2D eigenvalue weighted by Gasteiger charge is 2.15. The van der Waals surface area contributed by atoms with Crippen molar-refractivity contribution in [3.05, 3.63) is 42.2 Å². The van der Waals surface area contributed by atoms with E-state index in [9.17, 15) is 5.11 Å². The molecule has 102 valence electrons. The molecule has 0 amide bonds. The maximum Gasteiger partial charge on any atom is 0.110 e. The summed E-state index contributed by atoms with van der Waals surface area (Å²) in [4.78, 5) is 0. The molecule has 0 radical (unpaired) electrons. The Kier molecular flexibility index (Phi) is 4.65. The smallest absolute Gasteiger partial charge is 0.110 e. The van der Waals surface area contributed by atoms with Crippen molar-refractivity contribution in [1.29, 1.82) is 0 Å². The van der Waals surface area contributed by atoms with Gasteiger partial charge in [0.1, 0.15) is 6.10 Å². The predicted octanol–water partition coefficient (Wildman–Crippen LogP) is 1.55. The van der Waals surface area contributed by atoms with Crippen molar-refractivity contribution in [3.63, 3.8) is 0 Å². The minimum atomic E-state index is -0.617. The third-order valence-corrected chi connectivity index (χ3v) is 2.81. The number of aromatic nitrogens is 3. The number of nitrogens with zero attached hydrogens (tertiary/aromatic N) is 3. The van der Waals surface area contributed by atoms with Crippen LogP contribution in [0.5, 0.6) is 0 Å². The maximum atomic E-state index is 10.2. The van der Waals surface area contributed by atoms with Crippen LogP contribution in [-0.2, 0) is 0 Å². The fraction of sp³-hybridized carbons (Fsp3) is 0.429. The molecule has 1 unspecified atom stereocenters. The van der Waals surface area contributed by atoms with E-state index in [1.807, 2.05) is 30.3 Å². The quantitative estimate of drug-likeness (QED) is 0.827. The fourth-order valence-electron chi connectivity index (χ4n) is 1.85. The normalized spacial score (nSPS) is 12.8. The van der Waals surface area contributed by atoms with E-state index in [1.54, 1.807) is 10.9 Å². The number of nitrogens with one attached hydrogen (secondary N) is 1. The molecule has 0 aliphatic carbocycles. The molecule has 0 fully saturated rings. The van der Waals surface area contributed by atoms with E-state index in [0.29, 0.717) is 18.2 Å². The summed E-state index contributed by atoms with van der Waals surface area (Å²) in [5.74, 6) is 0.560. The fourth-order valence-corrected chi connectivity index (χ4v) is 1.85. The van der Waals surface area contributed by atoms with Crippen LogP contribution in [0, 0.1) is 5.92 Å². The number of aliphatic hydroxyl groups is 1. The van der Waals surface area contributed by atoms with E-state index >= 15 is 0 Å². The Bertz CT molecular complexity index is 495. The number of para-hydroxylation sites is 1. The molecule has 0 saturated carbocycles. The summed E-state index contributed by atoms with van der Waals surface area (Å²) in [6, 6.07) is 9.69. The van der Waals surface area contributed by atoms with E-state index in [4.69, 9.17) is 0 Å². The van der Waals surface area contributed by atoms with Gasteiger partial charge in [-0.2, -0.15) is 0 Å². The van der Waals surface area contributed by atoms with Gasteiger partial charge in [-0.15, -0.1) is 5.10 Å². The number of hydrogen-bond acceptors (Lipinski definition) is 4. The molecule has 1 aromatic carbocycles. The average molecular weight is 260 g/mol. The minimum absolute atomic E-state index is 0.498. The monoisotopic (exact) mass is 260 g/mol. The van der Waals surface area contributed by atoms with Crippen molar-refractivity contribution >= 4 is 0 Å². The topological polar surface area (TPSA) is 63.0 Å². The first kappa shape index (κ1) is 13.7. The van der Waals surface area contributed by atoms with Gasteiger partial charge < -0.3 is 10.4 Å². The standard InChI is InChI=1S/C14H20N4O/c1-11(2)8-15-10-14(19)13-9-16-17-18(13)12-6-4-3-5-7-12/h3-7,9,11,14-15,19H,8,10H2,1-2H3. The van der Waals surface area contributed by atoms with E-state index in [1.165, 1.54) is 0 Å². The Morgan fingerprint density at radius 2 is 1.95 bits per heavy atom. The van der Waals surface area contributed by atoms with Gasteiger partial charge in [0.25, 0.3) is 0 Å². The van der Waals surface area contributed by atoms with Crippen molar-refractivity contribution < 1.29 is 5.11 Å². The van der Waals surface area contributed by atoms with Crippen molar-refractivity contribution in [1.82, 2.24) is 20.3 Å². The third kappa shape index (κ3) is 3.62. The summed E-state index contributed by atoms with van der Waals surface area (Å²) in [6.07, 6.45) is 0.989. The van der Waals surface area contributed by atoms with Gasteiger partial charge in [0.2, 0.25) is 0 Å². The van der Waals surface area contributed by atoms with Crippen LogP contribution < -0.4 is 5.32 Å². The van der Waals surface area contributed by atoms with Gasteiger partial charge in [-0.3, -0.25) is 0 Å². The Balaban J connectivity index is 2.07. The number of benzene rings is 1. The average Bonchev–Trinajstić information content (AvgIpc) is 2.88. The lowest BCUT2D eigenvalue weighted by molar-refractivity contribution is 0.166. The van der Waals surface area contributed by atoms with E-state index < -0.39 is 6.10 Å². The Hall–Kier alpha value is -1.72. The lowest BCUT2D eigenvalue weighted by atomic mass is 10.2. The SMILES string of the molecule is CC(C)CNCC(O)c1cnnn1-c1ccccc1. The molecule has 19 heavy (non-hydrogen) atoms. The van der Waals surface area contributed by atoms with Gasteiger partial charge in [0.05, 0.1) is 17.6 Å². The molecular formula is C14H20N4O. The molecule has 5 heteroatoms. The Labute approximate surface area is 113 Å². The lowest BCUT2D eigenvalue weighted by Crippen LogP contribution is -2.26. The highest BCUT2D eigenvalue weighted by Crippen LogP contribution is 2.15. The van der Waals surface area contributed by atoms with Crippen molar-refractivity contribution in [2.45, 2.75) is 20.0 Å². The van der Waals surface area contributed by atoms with Gasteiger partial charge in [-0.05, 0) is 24.6 Å². The molecular weight excluding hydrogens is 240 g/mol. The zero-order valence-electron chi connectivity index (χ0n) is 11.3. The van der Waals surface area contributed by atoms with Gasteiger partial charge in [0.15, 0.2) is 0 Å². The number of rotatable bonds is 6. The second-order valence-corrected chi connectivity index (χ2v) is 4.97. The highest BCUT2D eigenvalue weighted by molar-refractivity contribution is 5.31. The van der Waals surface area contributed by atoms with Crippen LogP contribution >= 0.6 is 0 Å². The van der Waals surface area contributed by atoms with Crippen LogP contribution in [0.4, 0.5) is 0 Å². The third-order valence-electron chi connectivity index (χ3n) is 2.81. The van der Waals surface area contributed by atoms with Crippen LogP contribution in [0.1, 0.15) is 25.6 Å².